The van der Waals surface area contributed by atoms with Crippen molar-refractivity contribution in [1.82, 2.24) is 10.3 Å². The van der Waals surface area contributed by atoms with Crippen LogP contribution >= 0.6 is 0 Å². The maximum absolute atomic E-state index is 13.5. The third kappa shape index (κ3) is 3.51. The average Bonchev–Trinajstić information content (AvgIpc) is 2.38. The number of hydrogen-bond donors (Lipinski definition) is 2. The predicted octanol–water partition coefficient (Wildman–Crippen LogP) is 2.83. The third-order valence-corrected chi connectivity index (χ3v) is 2.94. The molecule has 0 bridgehead atoms. The number of nitrogens with one attached hydrogen (secondary N) is 1. The van der Waals surface area contributed by atoms with Gasteiger partial charge in [0.1, 0.15) is 11.6 Å². The van der Waals surface area contributed by atoms with Gasteiger partial charge in [-0.05, 0) is 42.7 Å². The van der Waals surface area contributed by atoms with Crippen LogP contribution in [0.3, 0.4) is 0 Å². The molecule has 2 N–H and O–H groups in total. The maximum Gasteiger partial charge on any atom is 0.133 e. The van der Waals surface area contributed by atoms with E-state index in [4.69, 9.17) is 5.11 Å². The summed E-state index contributed by atoms with van der Waals surface area (Å²) in [4.78, 5) is 4.09. The summed E-state index contributed by atoms with van der Waals surface area (Å²) in [6, 6.07) is 7.07. The largest absolute Gasteiger partial charge is 0.506 e. The Morgan fingerprint density at radius 3 is 2.42 bits per heavy atom. The first kappa shape index (κ1) is 13.5. The van der Waals surface area contributed by atoms with Crippen molar-refractivity contribution in [3.63, 3.8) is 0 Å². The molecule has 2 rings (SSSR count). The highest BCUT2D eigenvalue weighted by atomic mass is 19.1. The van der Waals surface area contributed by atoms with Crippen LogP contribution in [0.4, 0.5) is 4.39 Å². The summed E-state index contributed by atoms with van der Waals surface area (Å²) < 4.78 is 13.5. The van der Waals surface area contributed by atoms with E-state index in [9.17, 15) is 4.39 Å². The molecule has 2 aromatic rings. The molecule has 1 aromatic carbocycles. The standard InChI is InChI=1S/C15H17FN2O/c1-10-5-12(6-11(2)15(10)16)7-17-8-13-3-4-14(19)9-18-13/h3-6,9,17,19H,7-8H2,1-2H3. The normalized spacial score (nSPS) is 10.7. The Kier molecular flexibility index (Phi) is 4.12. The lowest BCUT2D eigenvalue weighted by molar-refractivity contribution is 0.471. The Morgan fingerprint density at radius 1 is 1.16 bits per heavy atom. The van der Waals surface area contributed by atoms with Crippen LogP contribution in [0, 0.1) is 19.7 Å². The average molecular weight is 260 g/mol. The molecule has 1 heterocycles. The van der Waals surface area contributed by atoms with Gasteiger partial charge in [-0.25, -0.2) is 4.39 Å². The van der Waals surface area contributed by atoms with Crippen LogP contribution in [0.25, 0.3) is 0 Å². The van der Waals surface area contributed by atoms with E-state index >= 15 is 0 Å². The van der Waals surface area contributed by atoms with E-state index in [1.165, 1.54) is 6.20 Å². The highest BCUT2D eigenvalue weighted by molar-refractivity contribution is 5.30. The number of benzene rings is 1. The molecule has 19 heavy (non-hydrogen) atoms. The molecule has 0 unspecified atom stereocenters. The minimum atomic E-state index is -0.135. The topological polar surface area (TPSA) is 45.1 Å². The van der Waals surface area contributed by atoms with Crippen molar-refractivity contribution < 1.29 is 9.50 Å². The Hall–Kier alpha value is -1.94. The molecule has 0 fully saturated rings. The van der Waals surface area contributed by atoms with Gasteiger partial charge in [-0.15, -0.1) is 0 Å². The fourth-order valence-corrected chi connectivity index (χ4v) is 1.99. The Labute approximate surface area is 112 Å². The fourth-order valence-electron chi connectivity index (χ4n) is 1.99. The van der Waals surface area contributed by atoms with Gasteiger partial charge in [-0.1, -0.05) is 12.1 Å². The Morgan fingerprint density at radius 2 is 1.84 bits per heavy atom. The first-order valence-corrected chi connectivity index (χ1v) is 6.16. The van der Waals surface area contributed by atoms with Crippen LogP contribution in [0.5, 0.6) is 5.75 Å². The van der Waals surface area contributed by atoms with Gasteiger partial charge in [-0.3, -0.25) is 4.98 Å². The van der Waals surface area contributed by atoms with E-state index in [1.54, 1.807) is 26.0 Å². The summed E-state index contributed by atoms with van der Waals surface area (Å²) in [5.41, 5.74) is 3.24. The minimum Gasteiger partial charge on any atom is -0.506 e. The van der Waals surface area contributed by atoms with Crippen LogP contribution in [-0.4, -0.2) is 10.1 Å². The first-order valence-electron chi connectivity index (χ1n) is 6.16. The van der Waals surface area contributed by atoms with Crippen LogP contribution < -0.4 is 5.32 Å². The number of aryl methyl sites for hydroxylation is 2. The molecule has 1 aromatic heterocycles. The van der Waals surface area contributed by atoms with E-state index in [2.05, 4.69) is 10.3 Å². The number of halogens is 1. The lowest BCUT2D eigenvalue weighted by Gasteiger charge is -2.08. The van der Waals surface area contributed by atoms with Crippen molar-refractivity contribution in [3.05, 3.63) is 58.7 Å². The molecule has 0 aliphatic heterocycles. The van der Waals surface area contributed by atoms with Gasteiger partial charge in [0.25, 0.3) is 0 Å². The quantitative estimate of drug-likeness (QED) is 0.888. The summed E-state index contributed by atoms with van der Waals surface area (Å²) in [6.07, 6.45) is 1.42. The highest BCUT2D eigenvalue weighted by Gasteiger charge is 2.04. The molecule has 0 atom stereocenters. The van der Waals surface area contributed by atoms with E-state index in [0.717, 1.165) is 11.3 Å². The van der Waals surface area contributed by atoms with E-state index < -0.39 is 0 Å². The smallest absolute Gasteiger partial charge is 0.133 e. The summed E-state index contributed by atoms with van der Waals surface area (Å²) in [5, 5.41) is 12.4. The van der Waals surface area contributed by atoms with Gasteiger partial charge >= 0.3 is 0 Å². The van der Waals surface area contributed by atoms with Gasteiger partial charge in [0, 0.05) is 13.1 Å². The van der Waals surface area contributed by atoms with Crippen molar-refractivity contribution in [2.24, 2.45) is 0 Å². The number of pyridine rings is 1. The molecule has 0 aliphatic carbocycles. The van der Waals surface area contributed by atoms with Gasteiger partial charge < -0.3 is 10.4 Å². The number of rotatable bonds is 4. The van der Waals surface area contributed by atoms with Crippen molar-refractivity contribution in [2.45, 2.75) is 26.9 Å². The molecule has 0 spiro atoms. The molecule has 4 heteroatoms. The minimum absolute atomic E-state index is 0.135. The van der Waals surface area contributed by atoms with Gasteiger partial charge in [0.2, 0.25) is 0 Å². The SMILES string of the molecule is Cc1cc(CNCc2ccc(O)cn2)cc(C)c1F. The van der Waals surface area contributed by atoms with Crippen molar-refractivity contribution >= 4 is 0 Å². The van der Waals surface area contributed by atoms with Crippen molar-refractivity contribution in [3.8, 4) is 5.75 Å². The van der Waals surface area contributed by atoms with Crippen LogP contribution in [0.15, 0.2) is 30.5 Å². The fraction of sp³-hybridized carbons (Fsp3) is 0.267. The third-order valence-electron chi connectivity index (χ3n) is 2.94. The first-order chi connectivity index (χ1) is 9.06. The molecule has 0 aliphatic rings. The van der Waals surface area contributed by atoms with Crippen LogP contribution in [0.2, 0.25) is 0 Å². The lowest BCUT2D eigenvalue weighted by atomic mass is 10.1. The maximum atomic E-state index is 13.5. The van der Waals surface area contributed by atoms with Crippen LogP contribution in [0.1, 0.15) is 22.4 Å². The van der Waals surface area contributed by atoms with E-state index in [-0.39, 0.29) is 11.6 Å². The van der Waals surface area contributed by atoms with Gasteiger partial charge in [0.05, 0.1) is 11.9 Å². The van der Waals surface area contributed by atoms with E-state index in [1.807, 2.05) is 12.1 Å². The molecule has 0 amide bonds. The summed E-state index contributed by atoms with van der Waals surface area (Å²) in [5.74, 6) is 0.0254. The molecular formula is C15H17FN2O. The molecule has 0 saturated carbocycles. The monoisotopic (exact) mass is 260 g/mol. The number of nitrogens with zero attached hydrogens (tertiary/aromatic N) is 1. The second-order valence-corrected chi connectivity index (χ2v) is 4.65. The number of hydrogen-bond acceptors (Lipinski definition) is 3. The second-order valence-electron chi connectivity index (χ2n) is 4.65. The molecule has 3 nitrogen and oxygen atoms in total. The number of aromatic hydroxyl groups is 1. The van der Waals surface area contributed by atoms with Crippen LogP contribution in [-0.2, 0) is 13.1 Å². The van der Waals surface area contributed by atoms with Crippen molar-refractivity contribution in [1.29, 1.82) is 0 Å². The predicted molar refractivity (Wildman–Crippen MR) is 72.3 cm³/mol. The molecule has 100 valence electrons. The van der Waals surface area contributed by atoms with Crippen molar-refractivity contribution in [2.75, 3.05) is 0 Å². The Balaban J connectivity index is 1.94. The zero-order chi connectivity index (χ0) is 13.8. The molecule has 0 saturated heterocycles. The molecular weight excluding hydrogens is 243 g/mol. The summed E-state index contributed by atoms with van der Waals surface area (Å²) >= 11 is 0. The van der Waals surface area contributed by atoms with Gasteiger partial charge in [0.15, 0.2) is 0 Å². The zero-order valence-electron chi connectivity index (χ0n) is 11.1. The summed E-state index contributed by atoms with van der Waals surface area (Å²) in [6.45, 7) is 4.81. The number of aromatic nitrogens is 1. The zero-order valence-corrected chi connectivity index (χ0v) is 11.1. The Bertz CT molecular complexity index is 544. The lowest BCUT2D eigenvalue weighted by Crippen LogP contribution is -2.14. The molecule has 0 radical (unpaired) electrons. The summed E-state index contributed by atoms with van der Waals surface area (Å²) in [7, 11) is 0. The van der Waals surface area contributed by atoms with Gasteiger partial charge in [-0.2, -0.15) is 0 Å². The second kappa shape index (κ2) is 5.80. The van der Waals surface area contributed by atoms with E-state index in [0.29, 0.717) is 24.2 Å². The highest BCUT2D eigenvalue weighted by Crippen LogP contribution is 2.14.